The van der Waals surface area contributed by atoms with Crippen LogP contribution in [-0.4, -0.2) is 30.7 Å². The molecule has 0 spiro atoms. The van der Waals surface area contributed by atoms with Gasteiger partial charge in [0.05, 0.1) is 17.6 Å². The molecule has 0 radical (unpaired) electrons. The molecule has 1 aliphatic carbocycles. The van der Waals surface area contributed by atoms with Crippen LogP contribution in [0.1, 0.15) is 23.2 Å². The largest absolute Gasteiger partial charge is 1.00 e. The summed E-state index contributed by atoms with van der Waals surface area (Å²) in [6, 6.07) is 3.08. The van der Waals surface area contributed by atoms with Crippen LogP contribution in [0.4, 0.5) is 0 Å². The van der Waals surface area contributed by atoms with Crippen molar-refractivity contribution < 1.29 is 58.6 Å². The first kappa shape index (κ1) is 14.5. The van der Waals surface area contributed by atoms with Gasteiger partial charge in [0.25, 0.3) is 0 Å². The molecule has 94 valence electrons. The molecule has 0 atom stereocenters. The molecular formula is C11H10BNaO6. The molecule has 0 aromatic heterocycles. The van der Waals surface area contributed by atoms with Crippen molar-refractivity contribution in [3.8, 4) is 17.2 Å². The molecule has 1 saturated carbocycles. The van der Waals surface area contributed by atoms with Crippen LogP contribution in [0, 0.1) is 0 Å². The Labute approximate surface area is 132 Å². The molecule has 8 heteroatoms. The van der Waals surface area contributed by atoms with Crippen LogP contribution in [0.3, 0.4) is 0 Å². The summed E-state index contributed by atoms with van der Waals surface area (Å²) >= 11 is 0. The van der Waals surface area contributed by atoms with Crippen LogP contribution in [0.5, 0.6) is 17.2 Å². The Morgan fingerprint density at radius 1 is 1.47 bits per heavy atom. The third-order valence-electron chi connectivity index (χ3n) is 2.74. The van der Waals surface area contributed by atoms with Crippen LogP contribution >= 0.6 is 0 Å². The SMILES string of the molecule is O=C([O-])c1c(OC2CC2)ccc2c1OB(O)CO2.[Na+]. The standard InChI is InChI=1S/C11H11BO6.Na/c13-11(14)9-7(17-6-1-2-6)3-4-8-10(9)18-12(15)5-16-8;/h3-4,6,15H,1-2,5H2,(H,13,14);/q;+1/p-1. The minimum atomic E-state index is -1.42. The zero-order valence-electron chi connectivity index (χ0n) is 10.4. The van der Waals surface area contributed by atoms with Crippen LogP contribution in [0.15, 0.2) is 12.1 Å². The smallest absolute Gasteiger partial charge is 0.545 e. The maximum Gasteiger partial charge on any atom is 1.00 e. The molecule has 1 heterocycles. The normalized spacial score (nSPS) is 16.6. The van der Waals surface area contributed by atoms with Crippen LogP contribution in [0.2, 0.25) is 0 Å². The van der Waals surface area contributed by atoms with E-state index in [9.17, 15) is 14.9 Å². The number of carbonyl (C=O) groups is 1. The van der Waals surface area contributed by atoms with Crippen molar-refractivity contribution in [3.63, 3.8) is 0 Å². The van der Waals surface area contributed by atoms with Crippen molar-refractivity contribution in [1.29, 1.82) is 0 Å². The Morgan fingerprint density at radius 3 is 2.84 bits per heavy atom. The summed E-state index contributed by atoms with van der Waals surface area (Å²) in [5.41, 5.74) is -0.210. The van der Waals surface area contributed by atoms with Gasteiger partial charge in [-0.1, -0.05) is 0 Å². The first-order valence-electron chi connectivity index (χ1n) is 5.67. The zero-order valence-corrected chi connectivity index (χ0v) is 12.4. The van der Waals surface area contributed by atoms with E-state index in [0.29, 0.717) is 0 Å². The molecule has 19 heavy (non-hydrogen) atoms. The molecule has 1 fully saturated rings. The second-order valence-electron chi connectivity index (χ2n) is 4.25. The van der Waals surface area contributed by atoms with E-state index in [-0.39, 0.29) is 65.0 Å². The van der Waals surface area contributed by atoms with Gasteiger partial charge in [0, 0.05) is 0 Å². The maximum absolute atomic E-state index is 11.2. The Morgan fingerprint density at radius 2 is 2.21 bits per heavy atom. The number of carboxylic acid groups (broad SMARTS) is 1. The number of rotatable bonds is 3. The van der Waals surface area contributed by atoms with Gasteiger partial charge in [-0.25, -0.2) is 0 Å². The maximum atomic E-state index is 11.2. The number of hydrogen-bond acceptors (Lipinski definition) is 6. The molecule has 1 N–H and O–H groups in total. The molecule has 1 aromatic rings. The minimum Gasteiger partial charge on any atom is -0.545 e. The summed E-state index contributed by atoms with van der Waals surface area (Å²) in [7, 11) is -1.19. The first-order chi connectivity index (χ1) is 8.65. The summed E-state index contributed by atoms with van der Waals surface area (Å²) in [5.74, 6) is -0.997. The number of fused-ring (bicyclic) bond motifs is 1. The average Bonchev–Trinajstić information content (AvgIpc) is 3.11. The van der Waals surface area contributed by atoms with Crippen LogP contribution in [0.25, 0.3) is 0 Å². The van der Waals surface area contributed by atoms with Crippen molar-refractivity contribution >= 4 is 13.1 Å². The number of carbonyl (C=O) groups excluding carboxylic acids is 1. The predicted molar refractivity (Wildman–Crippen MR) is 58.5 cm³/mol. The Hall–Kier alpha value is -0.885. The van der Waals surface area contributed by atoms with Gasteiger partial charge in [-0.15, -0.1) is 0 Å². The average molecular weight is 272 g/mol. The van der Waals surface area contributed by atoms with Gasteiger partial charge in [-0.2, -0.15) is 0 Å². The molecular weight excluding hydrogens is 262 g/mol. The molecule has 1 aliphatic heterocycles. The van der Waals surface area contributed by atoms with Gasteiger partial charge in [-0.05, 0) is 25.0 Å². The summed E-state index contributed by atoms with van der Waals surface area (Å²) < 4.78 is 15.8. The topological polar surface area (TPSA) is 88.1 Å². The van der Waals surface area contributed by atoms with E-state index < -0.39 is 13.1 Å². The van der Waals surface area contributed by atoms with E-state index in [2.05, 4.69) is 0 Å². The van der Waals surface area contributed by atoms with Crippen LogP contribution < -0.4 is 48.8 Å². The van der Waals surface area contributed by atoms with E-state index in [1.807, 2.05) is 0 Å². The Balaban J connectivity index is 0.00000133. The van der Waals surface area contributed by atoms with Crippen molar-refractivity contribution in [2.75, 3.05) is 6.51 Å². The second-order valence-corrected chi connectivity index (χ2v) is 4.25. The molecule has 0 bridgehead atoms. The monoisotopic (exact) mass is 272 g/mol. The summed E-state index contributed by atoms with van der Waals surface area (Å²) in [5, 5.41) is 20.5. The first-order valence-corrected chi connectivity index (χ1v) is 5.67. The third-order valence-corrected chi connectivity index (χ3v) is 2.74. The Bertz CT molecular complexity index is 504. The quantitative estimate of drug-likeness (QED) is 0.572. The third kappa shape index (κ3) is 3.00. The molecule has 0 unspecified atom stereocenters. The minimum absolute atomic E-state index is 0. The number of carboxylic acids is 1. The second kappa shape index (κ2) is 5.62. The van der Waals surface area contributed by atoms with Crippen molar-refractivity contribution in [2.45, 2.75) is 18.9 Å². The fraction of sp³-hybridized carbons (Fsp3) is 0.364. The van der Waals surface area contributed by atoms with E-state index in [4.69, 9.17) is 14.1 Å². The molecule has 6 nitrogen and oxygen atoms in total. The molecule has 3 rings (SSSR count). The van der Waals surface area contributed by atoms with E-state index in [0.717, 1.165) is 12.8 Å². The summed E-state index contributed by atoms with van der Waals surface area (Å²) in [6.45, 7) is -0.0394. The van der Waals surface area contributed by atoms with Crippen LogP contribution in [-0.2, 0) is 0 Å². The molecule has 2 aliphatic rings. The van der Waals surface area contributed by atoms with Crippen molar-refractivity contribution in [2.24, 2.45) is 0 Å². The molecule has 0 saturated heterocycles. The number of hydrogen-bond donors (Lipinski definition) is 1. The number of benzene rings is 1. The number of ether oxygens (including phenoxy) is 2. The van der Waals surface area contributed by atoms with Gasteiger partial charge in [-0.3, -0.25) is 0 Å². The Kier molecular flexibility index (Phi) is 4.30. The predicted octanol–water partition coefficient (Wildman–Crippen LogP) is -3.61. The van der Waals surface area contributed by atoms with Crippen molar-refractivity contribution in [1.82, 2.24) is 0 Å². The van der Waals surface area contributed by atoms with Gasteiger partial charge < -0.3 is 29.1 Å². The van der Waals surface area contributed by atoms with Crippen molar-refractivity contribution in [3.05, 3.63) is 17.7 Å². The fourth-order valence-corrected chi connectivity index (χ4v) is 1.76. The summed E-state index contributed by atoms with van der Waals surface area (Å²) in [4.78, 5) is 11.2. The molecule has 1 aromatic carbocycles. The fourth-order valence-electron chi connectivity index (χ4n) is 1.76. The van der Waals surface area contributed by atoms with Gasteiger partial charge in [0.15, 0.2) is 11.5 Å². The van der Waals surface area contributed by atoms with E-state index >= 15 is 0 Å². The van der Waals surface area contributed by atoms with Gasteiger partial charge >= 0.3 is 36.7 Å². The number of aromatic carboxylic acids is 1. The summed E-state index contributed by atoms with van der Waals surface area (Å²) in [6.07, 6.45) is 1.86. The van der Waals surface area contributed by atoms with E-state index in [1.165, 1.54) is 6.07 Å². The zero-order chi connectivity index (χ0) is 12.7. The van der Waals surface area contributed by atoms with Gasteiger partial charge in [0.2, 0.25) is 0 Å². The van der Waals surface area contributed by atoms with E-state index in [1.54, 1.807) is 6.07 Å². The molecule has 0 amide bonds. The van der Waals surface area contributed by atoms with Gasteiger partial charge in [0.1, 0.15) is 12.3 Å².